The zero-order chi connectivity index (χ0) is 24.9. The van der Waals surface area contributed by atoms with Crippen LogP contribution in [0.2, 0.25) is 0 Å². The Morgan fingerprint density at radius 2 is 1.61 bits per heavy atom. The largest absolute Gasteiger partial charge is 0.350 e. The summed E-state index contributed by atoms with van der Waals surface area (Å²) >= 11 is 1.52. The number of thioether (sulfide) groups is 1. The van der Waals surface area contributed by atoms with E-state index >= 15 is 0 Å². The molecule has 0 bridgehead atoms. The van der Waals surface area contributed by atoms with Crippen LogP contribution in [0, 0.1) is 6.92 Å². The molecule has 6 heteroatoms. The molecule has 5 nitrogen and oxygen atoms in total. The van der Waals surface area contributed by atoms with E-state index in [-0.39, 0.29) is 11.8 Å². The molecule has 0 spiro atoms. The maximum Gasteiger partial charge on any atom is 0.251 e. The van der Waals surface area contributed by atoms with Gasteiger partial charge in [0.2, 0.25) is 5.91 Å². The molecule has 0 radical (unpaired) electrons. The molecule has 0 saturated heterocycles. The highest BCUT2D eigenvalue weighted by Gasteiger charge is 2.12. The van der Waals surface area contributed by atoms with Crippen LogP contribution in [-0.4, -0.2) is 28.7 Å². The fourth-order valence-electron chi connectivity index (χ4n) is 4.21. The van der Waals surface area contributed by atoms with Gasteiger partial charge in [0.15, 0.2) is 0 Å². The van der Waals surface area contributed by atoms with Crippen LogP contribution in [-0.2, 0) is 11.3 Å². The third-order valence-electron chi connectivity index (χ3n) is 6.10. The van der Waals surface area contributed by atoms with Crippen molar-refractivity contribution in [2.24, 2.45) is 0 Å². The lowest BCUT2D eigenvalue weighted by atomic mass is 10.1. The van der Waals surface area contributed by atoms with E-state index in [0.717, 1.165) is 37.8 Å². The maximum absolute atomic E-state index is 12.7. The van der Waals surface area contributed by atoms with E-state index in [4.69, 9.17) is 0 Å². The highest BCUT2D eigenvalue weighted by molar-refractivity contribution is 8.00. The molecule has 36 heavy (non-hydrogen) atoms. The number of benzene rings is 4. The van der Waals surface area contributed by atoms with Gasteiger partial charge in [0.25, 0.3) is 5.91 Å². The summed E-state index contributed by atoms with van der Waals surface area (Å²) in [5.74, 6) is 0.198. The smallest absolute Gasteiger partial charge is 0.251 e. The standard InChI is InChI=1S/C30H27N3O2S/c1-21-10-14-25(15-11-21)32-29(34)20-36-28-19-33(27-9-5-4-8-26(27)28)17-16-31-30(35)24-13-12-22-6-2-3-7-23(22)18-24/h2-15,18-19H,16-17,20H2,1H3,(H,31,35)(H,32,34). The van der Waals surface area contributed by atoms with Gasteiger partial charge in [-0.15, -0.1) is 11.8 Å². The zero-order valence-corrected chi connectivity index (χ0v) is 20.8. The molecule has 0 unspecified atom stereocenters. The molecule has 0 fully saturated rings. The van der Waals surface area contributed by atoms with E-state index < -0.39 is 0 Å². The molecule has 5 rings (SSSR count). The predicted octanol–water partition coefficient (Wildman–Crippen LogP) is 6.26. The maximum atomic E-state index is 12.7. The molecule has 180 valence electrons. The second-order valence-corrected chi connectivity index (χ2v) is 9.74. The third-order valence-corrected chi connectivity index (χ3v) is 7.14. The highest BCUT2D eigenvalue weighted by Crippen LogP contribution is 2.30. The second kappa shape index (κ2) is 10.7. The first kappa shape index (κ1) is 23.7. The fourth-order valence-corrected chi connectivity index (χ4v) is 5.10. The van der Waals surface area contributed by atoms with Gasteiger partial charge in [-0.25, -0.2) is 0 Å². The molecule has 1 heterocycles. The molecular weight excluding hydrogens is 466 g/mol. The molecule has 1 aromatic heterocycles. The molecule has 0 saturated carbocycles. The van der Waals surface area contributed by atoms with Gasteiger partial charge in [-0.05, 0) is 48.0 Å². The van der Waals surface area contributed by atoms with Crippen molar-refractivity contribution < 1.29 is 9.59 Å². The molecule has 2 N–H and O–H groups in total. The Bertz CT molecular complexity index is 1540. The molecule has 0 aliphatic rings. The number of rotatable bonds is 8. The summed E-state index contributed by atoms with van der Waals surface area (Å²) in [6, 6.07) is 29.7. The topological polar surface area (TPSA) is 63.1 Å². The Morgan fingerprint density at radius 1 is 0.861 bits per heavy atom. The van der Waals surface area contributed by atoms with Gasteiger partial charge in [-0.2, -0.15) is 0 Å². The van der Waals surface area contributed by atoms with Crippen LogP contribution in [0.25, 0.3) is 21.7 Å². The summed E-state index contributed by atoms with van der Waals surface area (Å²) in [6.07, 6.45) is 2.07. The zero-order valence-electron chi connectivity index (χ0n) is 20.0. The van der Waals surface area contributed by atoms with Gasteiger partial charge in [0, 0.05) is 46.3 Å². The van der Waals surface area contributed by atoms with Crippen molar-refractivity contribution in [1.82, 2.24) is 9.88 Å². The Balaban J connectivity index is 1.21. The quantitative estimate of drug-likeness (QED) is 0.251. The van der Waals surface area contributed by atoms with E-state index in [1.54, 1.807) is 0 Å². The van der Waals surface area contributed by atoms with E-state index in [9.17, 15) is 9.59 Å². The van der Waals surface area contributed by atoms with Crippen LogP contribution in [0.4, 0.5) is 5.69 Å². The number of hydrogen-bond acceptors (Lipinski definition) is 3. The van der Waals surface area contributed by atoms with Gasteiger partial charge in [-0.1, -0.05) is 66.2 Å². The minimum absolute atomic E-state index is 0.0386. The average Bonchev–Trinajstić information content (AvgIpc) is 3.26. The lowest BCUT2D eigenvalue weighted by molar-refractivity contribution is -0.113. The minimum Gasteiger partial charge on any atom is -0.350 e. The monoisotopic (exact) mass is 493 g/mol. The van der Waals surface area contributed by atoms with Crippen molar-refractivity contribution in [3.05, 3.63) is 108 Å². The van der Waals surface area contributed by atoms with E-state index in [2.05, 4.69) is 33.5 Å². The van der Waals surface area contributed by atoms with Crippen LogP contribution in [0.1, 0.15) is 15.9 Å². The van der Waals surface area contributed by atoms with E-state index in [1.807, 2.05) is 85.8 Å². The van der Waals surface area contributed by atoms with Gasteiger partial charge in [-0.3, -0.25) is 9.59 Å². The number of aryl methyl sites for hydroxylation is 1. The van der Waals surface area contributed by atoms with Gasteiger partial charge >= 0.3 is 0 Å². The van der Waals surface area contributed by atoms with Crippen LogP contribution >= 0.6 is 11.8 Å². The fraction of sp³-hybridized carbons (Fsp3) is 0.133. The van der Waals surface area contributed by atoms with E-state index in [0.29, 0.717) is 24.4 Å². The van der Waals surface area contributed by atoms with Crippen molar-refractivity contribution >= 4 is 50.9 Å². The first-order valence-corrected chi connectivity index (χ1v) is 12.9. The number of nitrogens with one attached hydrogen (secondary N) is 2. The van der Waals surface area contributed by atoms with Crippen LogP contribution in [0.3, 0.4) is 0 Å². The van der Waals surface area contributed by atoms with Crippen molar-refractivity contribution in [1.29, 1.82) is 0 Å². The van der Waals surface area contributed by atoms with Gasteiger partial charge in [0.05, 0.1) is 5.75 Å². The highest BCUT2D eigenvalue weighted by atomic mass is 32.2. The normalized spacial score (nSPS) is 11.0. The first-order valence-electron chi connectivity index (χ1n) is 11.9. The van der Waals surface area contributed by atoms with Crippen LogP contribution in [0.5, 0.6) is 0 Å². The summed E-state index contributed by atoms with van der Waals surface area (Å²) < 4.78 is 2.14. The van der Waals surface area contributed by atoms with Crippen molar-refractivity contribution in [3.8, 4) is 0 Å². The predicted molar refractivity (Wildman–Crippen MR) is 149 cm³/mol. The van der Waals surface area contributed by atoms with E-state index in [1.165, 1.54) is 11.8 Å². The molecule has 5 aromatic rings. The Kier molecular flexibility index (Phi) is 7.05. The number of carbonyl (C=O) groups excluding carboxylic acids is 2. The lowest BCUT2D eigenvalue weighted by Gasteiger charge is -2.08. The Labute approximate surface area is 214 Å². The Hall–Kier alpha value is -4.03. The molecule has 2 amide bonds. The molecule has 0 aliphatic carbocycles. The number of amides is 2. The summed E-state index contributed by atoms with van der Waals surface area (Å²) in [7, 11) is 0. The second-order valence-electron chi connectivity index (χ2n) is 8.72. The van der Waals surface area contributed by atoms with Crippen molar-refractivity contribution in [3.63, 3.8) is 0 Å². The molecule has 0 atom stereocenters. The number of para-hydroxylation sites is 1. The van der Waals surface area contributed by atoms with Gasteiger partial charge in [0.1, 0.15) is 0 Å². The van der Waals surface area contributed by atoms with Crippen molar-refractivity contribution in [2.75, 3.05) is 17.6 Å². The third kappa shape index (κ3) is 5.44. The summed E-state index contributed by atoms with van der Waals surface area (Å²) in [4.78, 5) is 26.3. The molecule has 4 aromatic carbocycles. The van der Waals surface area contributed by atoms with Crippen molar-refractivity contribution in [2.45, 2.75) is 18.4 Å². The average molecular weight is 494 g/mol. The van der Waals surface area contributed by atoms with Crippen LogP contribution < -0.4 is 10.6 Å². The number of nitrogens with zero attached hydrogens (tertiary/aromatic N) is 1. The number of carbonyl (C=O) groups is 2. The number of anilines is 1. The number of hydrogen-bond donors (Lipinski definition) is 2. The minimum atomic E-state index is -0.0837. The Morgan fingerprint density at radius 3 is 2.44 bits per heavy atom. The summed E-state index contributed by atoms with van der Waals surface area (Å²) in [6.45, 7) is 3.16. The molecular formula is C30H27N3O2S. The summed E-state index contributed by atoms with van der Waals surface area (Å²) in [5.41, 5.74) is 3.69. The molecule has 0 aliphatic heterocycles. The van der Waals surface area contributed by atoms with Crippen LogP contribution in [0.15, 0.2) is 102 Å². The SMILES string of the molecule is Cc1ccc(NC(=O)CSc2cn(CCNC(=O)c3ccc4ccccc4c3)c3ccccc23)cc1. The lowest BCUT2D eigenvalue weighted by Crippen LogP contribution is -2.27. The summed E-state index contributed by atoms with van der Waals surface area (Å²) in [5, 5.41) is 9.26. The first-order chi connectivity index (χ1) is 17.6. The number of aromatic nitrogens is 1. The number of fused-ring (bicyclic) bond motifs is 2. The van der Waals surface area contributed by atoms with Gasteiger partial charge < -0.3 is 15.2 Å².